The van der Waals surface area contributed by atoms with Gasteiger partial charge in [0.2, 0.25) is 0 Å². The first-order valence-electron chi connectivity index (χ1n) is 5.87. The Morgan fingerprint density at radius 3 is 2.80 bits per heavy atom. The van der Waals surface area contributed by atoms with E-state index in [0.29, 0.717) is 0 Å². The van der Waals surface area contributed by atoms with E-state index < -0.39 is 0 Å². The molecule has 3 heteroatoms. The highest BCUT2D eigenvalue weighted by Gasteiger charge is 1.97. The third-order valence-electron chi connectivity index (χ3n) is 2.36. The van der Waals surface area contributed by atoms with Crippen molar-refractivity contribution in [2.24, 2.45) is 13.0 Å². The number of unbranched alkanes of at least 4 members (excludes halogenated alkanes) is 1. The lowest BCUT2D eigenvalue weighted by Gasteiger charge is -2.06. The first-order valence-corrected chi connectivity index (χ1v) is 5.87. The molecule has 0 radical (unpaired) electrons. The van der Waals surface area contributed by atoms with Gasteiger partial charge in [-0.2, -0.15) is 5.10 Å². The third kappa shape index (κ3) is 5.57. The fraction of sp³-hybridized carbons (Fsp3) is 0.750. The Kier molecular flexibility index (Phi) is 5.40. The average Bonchev–Trinajstić information content (AvgIpc) is 2.57. The monoisotopic (exact) mass is 209 g/mol. The molecular weight excluding hydrogens is 186 g/mol. The first-order chi connectivity index (χ1) is 7.18. The maximum absolute atomic E-state index is 4.35. The number of aryl methyl sites for hydroxylation is 2. The zero-order valence-corrected chi connectivity index (χ0v) is 10.2. The Bertz CT molecular complexity index is 266. The summed E-state index contributed by atoms with van der Waals surface area (Å²) in [4.78, 5) is 0. The molecule has 86 valence electrons. The normalized spacial score (nSPS) is 11.2. The van der Waals surface area contributed by atoms with Crippen LogP contribution in [0.5, 0.6) is 0 Å². The molecule has 1 aromatic heterocycles. The molecule has 0 fully saturated rings. The number of aromatic nitrogens is 2. The summed E-state index contributed by atoms with van der Waals surface area (Å²) >= 11 is 0. The molecule has 0 aliphatic heterocycles. The van der Waals surface area contributed by atoms with Crippen molar-refractivity contribution in [1.29, 1.82) is 0 Å². The molecule has 1 rings (SSSR count). The Hall–Kier alpha value is -0.830. The van der Waals surface area contributed by atoms with Gasteiger partial charge in [0.1, 0.15) is 0 Å². The average molecular weight is 209 g/mol. The van der Waals surface area contributed by atoms with E-state index in [-0.39, 0.29) is 0 Å². The zero-order valence-electron chi connectivity index (χ0n) is 10.2. The van der Waals surface area contributed by atoms with Crippen molar-refractivity contribution >= 4 is 0 Å². The third-order valence-corrected chi connectivity index (χ3v) is 2.36. The van der Waals surface area contributed by atoms with Crippen LogP contribution < -0.4 is 5.32 Å². The van der Waals surface area contributed by atoms with E-state index in [0.717, 1.165) is 25.4 Å². The van der Waals surface area contributed by atoms with Crippen LogP contribution >= 0.6 is 0 Å². The molecule has 0 amide bonds. The summed E-state index contributed by atoms with van der Waals surface area (Å²) in [5, 5.41) is 7.80. The topological polar surface area (TPSA) is 29.9 Å². The summed E-state index contributed by atoms with van der Waals surface area (Å²) in [6, 6.07) is 2.10. The van der Waals surface area contributed by atoms with Gasteiger partial charge in [-0.25, -0.2) is 0 Å². The van der Waals surface area contributed by atoms with E-state index in [1.165, 1.54) is 18.5 Å². The maximum Gasteiger partial charge on any atom is 0.0624 e. The summed E-state index contributed by atoms with van der Waals surface area (Å²) in [7, 11) is 1.97. The van der Waals surface area contributed by atoms with Gasteiger partial charge in [0.25, 0.3) is 0 Å². The Balaban J connectivity index is 1.98. The molecule has 0 spiro atoms. The predicted octanol–water partition coefficient (Wildman–Crippen LogP) is 1.99. The van der Waals surface area contributed by atoms with Crippen LogP contribution in [-0.4, -0.2) is 22.9 Å². The van der Waals surface area contributed by atoms with Crippen LogP contribution in [0.3, 0.4) is 0 Å². The highest BCUT2D eigenvalue weighted by Crippen LogP contribution is 2.01. The second-order valence-corrected chi connectivity index (χ2v) is 4.54. The lowest BCUT2D eigenvalue weighted by atomic mass is 10.2. The van der Waals surface area contributed by atoms with Crippen molar-refractivity contribution in [3.63, 3.8) is 0 Å². The SMILES string of the molecule is CC(C)CNCCCCc1ccn(C)n1. The number of nitrogens with one attached hydrogen (secondary N) is 1. The molecule has 0 unspecified atom stereocenters. The van der Waals surface area contributed by atoms with Gasteiger partial charge in [-0.1, -0.05) is 13.8 Å². The van der Waals surface area contributed by atoms with Gasteiger partial charge in [-0.15, -0.1) is 0 Å². The Morgan fingerprint density at radius 1 is 1.40 bits per heavy atom. The highest BCUT2D eigenvalue weighted by atomic mass is 15.2. The van der Waals surface area contributed by atoms with Crippen LogP contribution in [0.25, 0.3) is 0 Å². The molecule has 1 N–H and O–H groups in total. The van der Waals surface area contributed by atoms with Gasteiger partial charge in [-0.05, 0) is 44.3 Å². The highest BCUT2D eigenvalue weighted by molar-refractivity contribution is 4.98. The summed E-state index contributed by atoms with van der Waals surface area (Å²) in [5.74, 6) is 0.751. The van der Waals surface area contributed by atoms with Crippen LogP contribution in [0.4, 0.5) is 0 Å². The summed E-state index contributed by atoms with van der Waals surface area (Å²) in [6.45, 7) is 6.73. The van der Waals surface area contributed by atoms with Gasteiger partial charge in [0.05, 0.1) is 5.69 Å². The summed E-state index contributed by atoms with van der Waals surface area (Å²) in [5.41, 5.74) is 1.21. The van der Waals surface area contributed by atoms with Crippen LogP contribution in [-0.2, 0) is 13.5 Å². The van der Waals surface area contributed by atoms with E-state index >= 15 is 0 Å². The van der Waals surface area contributed by atoms with E-state index in [4.69, 9.17) is 0 Å². The minimum Gasteiger partial charge on any atom is -0.316 e. The molecule has 0 atom stereocenters. The number of hydrogen-bond acceptors (Lipinski definition) is 2. The molecule has 1 heterocycles. The van der Waals surface area contributed by atoms with Crippen molar-refractivity contribution in [2.75, 3.05) is 13.1 Å². The predicted molar refractivity (Wildman–Crippen MR) is 63.9 cm³/mol. The van der Waals surface area contributed by atoms with Crippen LogP contribution in [0, 0.1) is 5.92 Å². The number of rotatable bonds is 7. The Morgan fingerprint density at radius 2 is 2.20 bits per heavy atom. The first kappa shape index (κ1) is 12.2. The number of hydrogen-bond donors (Lipinski definition) is 1. The second kappa shape index (κ2) is 6.62. The van der Waals surface area contributed by atoms with Crippen molar-refractivity contribution in [3.8, 4) is 0 Å². The van der Waals surface area contributed by atoms with Crippen LogP contribution in [0.2, 0.25) is 0 Å². The zero-order chi connectivity index (χ0) is 11.1. The minimum atomic E-state index is 0.751. The summed E-state index contributed by atoms with van der Waals surface area (Å²) < 4.78 is 1.87. The largest absolute Gasteiger partial charge is 0.316 e. The fourth-order valence-electron chi connectivity index (χ4n) is 1.54. The molecule has 0 aliphatic carbocycles. The minimum absolute atomic E-state index is 0.751. The van der Waals surface area contributed by atoms with Crippen molar-refractivity contribution in [2.45, 2.75) is 33.1 Å². The lowest BCUT2D eigenvalue weighted by Crippen LogP contribution is -2.20. The van der Waals surface area contributed by atoms with Crippen molar-refractivity contribution in [3.05, 3.63) is 18.0 Å². The fourth-order valence-corrected chi connectivity index (χ4v) is 1.54. The van der Waals surface area contributed by atoms with E-state index in [9.17, 15) is 0 Å². The molecule has 15 heavy (non-hydrogen) atoms. The molecule has 0 saturated carbocycles. The van der Waals surface area contributed by atoms with Gasteiger partial charge in [-0.3, -0.25) is 4.68 Å². The Labute approximate surface area is 92.9 Å². The van der Waals surface area contributed by atoms with Crippen LogP contribution in [0.15, 0.2) is 12.3 Å². The molecule has 0 aromatic carbocycles. The van der Waals surface area contributed by atoms with E-state index in [1.807, 2.05) is 17.9 Å². The van der Waals surface area contributed by atoms with Gasteiger partial charge >= 0.3 is 0 Å². The molecule has 0 saturated heterocycles. The van der Waals surface area contributed by atoms with E-state index in [1.54, 1.807) is 0 Å². The maximum atomic E-state index is 4.35. The van der Waals surface area contributed by atoms with Gasteiger partial charge in [0.15, 0.2) is 0 Å². The standard InChI is InChI=1S/C12H23N3/c1-11(2)10-13-8-5-4-6-12-7-9-15(3)14-12/h7,9,11,13H,4-6,8,10H2,1-3H3. The quantitative estimate of drug-likeness (QED) is 0.696. The summed E-state index contributed by atoms with van der Waals surface area (Å²) in [6.07, 6.45) is 5.57. The smallest absolute Gasteiger partial charge is 0.0624 e. The van der Waals surface area contributed by atoms with Gasteiger partial charge < -0.3 is 5.32 Å². The molecule has 0 bridgehead atoms. The second-order valence-electron chi connectivity index (χ2n) is 4.54. The lowest BCUT2D eigenvalue weighted by molar-refractivity contribution is 0.534. The number of nitrogens with zero attached hydrogens (tertiary/aromatic N) is 2. The van der Waals surface area contributed by atoms with Gasteiger partial charge in [0, 0.05) is 13.2 Å². The molecule has 1 aromatic rings. The molecular formula is C12H23N3. The van der Waals surface area contributed by atoms with E-state index in [2.05, 4.69) is 30.3 Å². The molecule has 0 aliphatic rings. The molecule has 3 nitrogen and oxygen atoms in total. The van der Waals surface area contributed by atoms with Crippen molar-refractivity contribution < 1.29 is 0 Å². The van der Waals surface area contributed by atoms with Crippen LogP contribution in [0.1, 0.15) is 32.4 Å². The van der Waals surface area contributed by atoms with Crippen molar-refractivity contribution in [1.82, 2.24) is 15.1 Å².